The number of aromatic carboxylic acids is 1. The molecule has 10 heteroatoms. The van der Waals surface area contributed by atoms with Gasteiger partial charge in [-0.15, -0.1) is 0 Å². The van der Waals surface area contributed by atoms with Crippen LogP contribution in [-0.4, -0.2) is 67.9 Å². The van der Waals surface area contributed by atoms with Crippen molar-refractivity contribution in [1.82, 2.24) is 24.6 Å². The molecule has 0 bridgehead atoms. The molecule has 1 N–H and O–H groups in total. The number of aromatic nitrogens is 4. The summed E-state index contributed by atoms with van der Waals surface area (Å²) in [4.78, 5) is 26.4. The average molecular weight is 531 g/mol. The van der Waals surface area contributed by atoms with Crippen LogP contribution in [0.25, 0.3) is 11.2 Å². The van der Waals surface area contributed by atoms with Crippen molar-refractivity contribution in [2.45, 2.75) is 58.0 Å². The van der Waals surface area contributed by atoms with E-state index in [1.54, 1.807) is 23.0 Å². The second-order valence-corrected chi connectivity index (χ2v) is 10.8. The largest absolute Gasteiger partial charge is 0.476 e. The van der Waals surface area contributed by atoms with Crippen LogP contribution in [0, 0.1) is 5.92 Å². The molecule has 192 valence electrons. The Morgan fingerprint density at radius 3 is 2.67 bits per heavy atom. The highest BCUT2D eigenvalue weighted by atomic mass is 35.5. The van der Waals surface area contributed by atoms with E-state index >= 15 is 0 Å². The van der Waals surface area contributed by atoms with E-state index in [0.717, 1.165) is 37.3 Å². The van der Waals surface area contributed by atoms with E-state index in [0.29, 0.717) is 27.7 Å². The lowest BCUT2D eigenvalue weighted by Gasteiger charge is -2.45. The maximum absolute atomic E-state index is 12.0. The topological polar surface area (TPSA) is 87.4 Å². The van der Waals surface area contributed by atoms with Crippen LogP contribution >= 0.6 is 23.2 Å². The number of carboxylic acids is 1. The van der Waals surface area contributed by atoms with Gasteiger partial charge < -0.3 is 10.0 Å². The van der Waals surface area contributed by atoms with Crippen molar-refractivity contribution >= 4 is 46.2 Å². The van der Waals surface area contributed by atoms with Crippen LogP contribution in [0.5, 0.6) is 0 Å². The number of hydrogen-bond donors (Lipinski definition) is 1. The highest BCUT2D eigenvalue weighted by molar-refractivity contribution is 6.35. The van der Waals surface area contributed by atoms with Gasteiger partial charge in [-0.25, -0.2) is 19.4 Å². The number of rotatable bonds is 6. The van der Waals surface area contributed by atoms with Gasteiger partial charge in [0, 0.05) is 29.2 Å². The normalized spacial score (nSPS) is 22.2. The van der Waals surface area contributed by atoms with Crippen molar-refractivity contribution in [1.29, 1.82) is 0 Å². The monoisotopic (exact) mass is 530 g/mol. The Labute approximate surface area is 221 Å². The summed E-state index contributed by atoms with van der Waals surface area (Å²) in [6.45, 7) is 8.40. The molecule has 0 saturated carbocycles. The zero-order valence-corrected chi connectivity index (χ0v) is 22.2. The SMILES string of the molecule is CCC1CN(c2cnc3c(C(=O)O)nn(C(C)c4ccc(Cl)cc4Cl)c3n2)CCC1N1CCCCC1. The van der Waals surface area contributed by atoms with Gasteiger partial charge in [0.1, 0.15) is 11.3 Å². The number of piperidine rings is 2. The number of benzene rings is 1. The maximum Gasteiger partial charge on any atom is 0.358 e. The third-order valence-corrected chi connectivity index (χ3v) is 8.34. The van der Waals surface area contributed by atoms with E-state index in [9.17, 15) is 9.90 Å². The maximum atomic E-state index is 12.0. The number of nitrogens with zero attached hydrogens (tertiary/aromatic N) is 6. The Morgan fingerprint density at radius 1 is 1.19 bits per heavy atom. The molecule has 2 aromatic heterocycles. The zero-order valence-electron chi connectivity index (χ0n) is 20.7. The third kappa shape index (κ3) is 4.78. The van der Waals surface area contributed by atoms with Gasteiger partial charge in [-0.2, -0.15) is 5.10 Å². The van der Waals surface area contributed by atoms with E-state index in [-0.39, 0.29) is 17.3 Å². The molecule has 4 heterocycles. The van der Waals surface area contributed by atoms with E-state index in [1.165, 1.54) is 32.4 Å². The molecule has 1 aromatic carbocycles. The Bertz CT molecular complexity index is 1260. The average Bonchev–Trinajstić information content (AvgIpc) is 3.28. The number of halogens is 2. The van der Waals surface area contributed by atoms with Gasteiger partial charge >= 0.3 is 5.97 Å². The lowest BCUT2D eigenvalue weighted by atomic mass is 9.87. The van der Waals surface area contributed by atoms with E-state index < -0.39 is 5.97 Å². The summed E-state index contributed by atoms with van der Waals surface area (Å²) < 4.78 is 1.61. The van der Waals surface area contributed by atoms with Crippen molar-refractivity contribution in [2.75, 3.05) is 31.1 Å². The zero-order chi connectivity index (χ0) is 25.4. The summed E-state index contributed by atoms with van der Waals surface area (Å²) in [7, 11) is 0. The first-order valence-corrected chi connectivity index (χ1v) is 13.6. The molecule has 2 aliphatic heterocycles. The second-order valence-electron chi connectivity index (χ2n) is 9.91. The molecule has 36 heavy (non-hydrogen) atoms. The van der Waals surface area contributed by atoms with Gasteiger partial charge in [-0.3, -0.25) is 4.90 Å². The Balaban J connectivity index is 1.48. The summed E-state index contributed by atoms with van der Waals surface area (Å²) in [5, 5.41) is 15.2. The van der Waals surface area contributed by atoms with Gasteiger partial charge in [0.25, 0.3) is 0 Å². The number of fused-ring (bicyclic) bond motifs is 1. The molecule has 3 aromatic rings. The van der Waals surface area contributed by atoms with Gasteiger partial charge in [-0.05, 0) is 62.9 Å². The van der Waals surface area contributed by atoms with Gasteiger partial charge in [-0.1, -0.05) is 49.0 Å². The molecule has 2 aliphatic rings. The van der Waals surface area contributed by atoms with Crippen LogP contribution in [0.2, 0.25) is 10.0 Å². The van der Waals surface area contributed by atoms with Crippen molar-refractivity contribution in [3.05, 3.63) is 45.7 Å². The van der Waals surface area contributed by atoms with Gasteiger partial charge in [0.05, 0.1) is 12.2 Å². The number of hydrogen-bond acceptors (Lipinski definition) is 6. The Hall–Kier alpha value is -2.42. The molecular formula is C26H32Cl2N6O2. The molecule has 3 unspecified atom stereocenters. The summed E-state index contributed by atoms with van der Waals surface area (Å²) in [5.74, 6) is 0.176. The molecule has 0 amide bonds. The fourth-order valence-electron chi connectivity index (χ4n) is 5.80. The first-order chi connectivity index (χ1) is 17.4. The number of anilines is 1. The first-order valence-electron chi connectivity index (χ1n) is 12.8. The number of likely N-dealkylation sites (tertiary alicyclic amines) is 1. The summed E-state index contributed by atoms with van der Waals surface area (Å²) >= 11 is 12.6. The first kappa shape index (κ1) is 25.2. The molecule has 2 saturated heterocycles. The fourth-order valence-corrected chi connectivity index (χ4v) is 6.36. The van der Waals surface area contributed by atoms with Crippen molar-refractivity contribution in [2.24, 2.45) is 5.92 Å². The molecule has 0 spiro atoms. The van der Waals surface area contributed by atoms with Crippen LogP contribution in [-0.2, 0) is 0 Å². The summed E-state index contributed by atoms with van der Waals surface area (Å²) in [5.41, 5.74) is 1.38. The predicted octanol–water partition coefficient (Wildman–Crippen LogP) is 5.53. The molecule has 8 nitrogen and oxygen atoms in total. The minimum atomic E-state index is -1.14. The molecule has 0 aliphatic carbocycles. The minimum absolute atomic E-state index is 0.115. The van der Waals surface area contributed by atoms with E-state index in [2.05, 4.69) is 26.8 Å². The van der Waals surface area contributed by atoms with Gasteiger partial charge in [0.2, 0.25) is 0 Å². The van der Waals surface area contributed by atoms with Crippen LogP contribution in [0.3, 0.4) is 0 Å². The summed E-state index contributed by atoms with van der Waals surface area (Å²) in [6.07, 6.45) is 7.83. The van der Waals surface area contributed by atoms with Gasteiger partial charge in [0.15, 0.2) is 11.3 Å². The van der Waals surface area contributed by atoms with Crippen molar-refractivity contribution in [3.8, 4) is 0 Å². The predicted molar refractivity (Wildman–Crippen MR) is 142 cm³/mol. The molecule has 3 atom stereocenters. The van der Waals surface area contributed by atoms with Crippen LogP contribution in [0.1, 0.15) is 68.0 Å². The molecular weight excluding hydrogens is 499 g/mol. The number of carbonyl (C=O) groups is 1. The molecule has 2 fully saturated rings. The fraction of sp³-hybridized carbons (Fsp3) is 0.538. The Kier molecular flexibility index (Phi) is 7.37. The highest BCUT2D eigenvalue weighted by Crippen LogP contribution is 2.33. The molecule has 5 rings (SSSR count). The third-order valence-electron chi connectivity index (χ3n) is 7.77. The highest BCUT2D eigenvalue weighted by Gasteiger charge is 2.34. The minimum Gasteiger partial charge on any atom is -0.476 e. The summed E-state index contributed by atoms with van der Waals surface area (Å²) in [6, 6.07) is 5.52. The number of carboxylic acid groups (broad SMARTS) is 1. The quantitative estimate of drug-likeness (QED) is 0.448. The molecule has 0 radical (unpaired) electrons. The van der Waals surface area contributed by atoms with Crippen LogP contribution < -0.4 is 4.90 Å². The van der Waals surface area contributed by atoms with E-state index in [4.69, 9.17) is 28.2 Å². The van der Waals surface area contributed by atoms with Crippen molar-refractivity contribution in [3.63, 3.8) is 0 Å². The lowest BCUT2D eigenvalue weighted by Crippen LogP contribution is -2.52. The lowest BCUT2D eigenvalue weighted by molar-refractivity contribution is 0.0691. The van der Waals surface area contributed by atoms with Crippen LogP contribution in [0.15, 0.2) is 24.4 Å². The van der Waals surface area contributed by atoms with Crippen molar-refractivity contribution < 1.29 is 9.90 Å². The van der Waals surface area contributed by atoms with Crippen LogP contribution in [0.4, 0.5) is 5.82 Å². The standard InChI is InChI=1S/C26H32Cl2N6O2/c1-3-17-15-33(12-9-21(17)32-10-5-4-6-11-32)22-14-29-23-24(26(35)36)31-34(25(23)30-22)16(2)19-8-7-18(27)13-20(19)28/h7-8,13-14,16-17,21H,3-6,9-12,15H2,1-2H3,(H,35,36). The van der Waals surface area contributed by atoms with E-state index in [1.807, 2.05) is 13.0 Å². The second kappa shape index (κ2) is 10.5. The smallest absolute Gasteiger partial charge is 0.358 e. The Morgan fingerprint density at radius 2 is 1.97 bits per heavy atom.